The van der Waals surface area contributed by atoms with Crippen molar-refractivity contribution in [2.75, 3.05) is 34.5 Å². The molecule has 2 rings (SSSR count). The van der Waals surface area contributed by atoms with Gasteiger partial charge in [0.05, 0.1) is 26.9 Å². The summed E-state index contributed by atoms with van der Waals surface area (Å²) in [5.41, 5.74) is 1.04. The third kappa shape index (κ3) is 3.20. The van der Waals surface area contributed by atoms with Gasteiger partial charge in [-0.05, 0) is 18.8 Å². The molecule has 1 fully saturated rings. The highest BCUT2D eigenvalue weighted by molar-refractivity contribution is 9.09. The van der Waals surface area contributed by atoms with Gasteiger partial charge >= 0.3 is 0 Å². The standard InChI is InChI=1S/C15H21BrO4/c1-17-11-8-12(18-2)14(13(9-11)19-3)15(16)10-4-6-20-7-5-10/h8-10,15H,4-7H2,1-3H3. The van der Waals surface area contributed by atoms with E-state index in [1.807, 2.05) is 12.1 Å². The number of benzene rings is 1. The van der Waals surface area contributed by atoms with E-state index in [1.165, 1.54) is 0 Å². The predicted octanol–water partition coefficient (Wildman–Crippen LogP) is 3.58. The molecule has 1 aromatic carbocycles. The number of ether oxygens (including phenoxy) is 4. The SMILES string of the molecule is COc1cc(OC)c(C(Br)C2CCOCC2)c(OC)c1. The van der Waals surface area contributed by atoms with Crippen molar-refractivity contribution in [3.63, 3.8) is 0 Å². The Hall–Kier alpha value is -0.940. The lowest BCUT2D eigenvalue weighted by molar-refractivity contribution is 0.0658. The Labute approximate surface area is 128 Å². The second-order valence-corrected chi connectivity index (χ2v) is 5.78. The van der Waals surface area contributed by atoms with E-state index in [1.54, 1.807) is 21.3 Å². The van der Waals surface area contributed by atoms with E-state index in [-0.39, 0.29) is 4.83 Å². The molecule has 5 heteroatoms. The van der Waals surface area contributed by atoms with Crippen LogP contribution >= 0.6 is 15.9 Å². The van der Waals surface area contributed by atoms with Crippen molar-refractivity contribution in [1.82, 2.24) is 0 Å². The van der Waals surface area contributed by atoms with Crippen LogP contribution in [0.2, 0.25) is 0 Å². The molecule has 1 heterocycles. The van der Waals surface area contributed by atoms with Gasteiger partial charge < -0.3 is 18.9 Å². The lowest BCUT2D eigenvalue weighted by Gasteiger charge is -2.28. The van der Waals surface area contributed by atoms with Gasteiger partial charge in [0.25, 0.3) is 0 Å². The Morgan fingerprint density at radius 3 is 2.05 bits per heavy atom. The van der Waals surface area contributed by atoms with Gasteiger partial charge in [-0.15, -0.1) is 0 Å². The quantitative estimate of drug-likeness (QED) is 0.765. The van der Waals surface area contributed by atoms with Crippen molar-refractivity contribution in [3.05, 3.63) is 17.7 Å². The van der Waals surface area contributed by atoms with Gasteiger partial charge in [-0.2, -0.15) is 0 Å². The number of rotatable bonds is 5. The topological polar surface area (TPSA) is 36.9 Å². The van der Waals surface area contributed by atoms with E-state index in [0.717, 1.165) is 48.9 Å². The van der Waals surface area contributed by atoms with E-state index >= 15 is 0 Å². The smallest absolute Gasteiger partial charge is 0.130 e. The molecule has 0 radical (unpaired) electrons. The van der Waals surface area contributed by atoms with Gasteiger partial charge in [0, 0.05) is 30.2 Å². The third-order valence-electron chi connectivity index (χ3n) is 3.71. The van der Waals surface area contributed by atoms with Crippen molar-refractivity contribution in [1.29, 1.82) is 0 Å². The minimum Gasteiger partial charge on any atom is -0.496 e. The number of hydrogen-bond acceptors (Lipinski definition) is 4. The molecule has 1 aliphatic rings. The van der Waals surface area contributed by atoms with Crippen LogP contribution in [0.5, 0.6) is 17.2 Å². The Morgan fingerprint density at radius 1 is 1.05 bits per heavy atom. The zero-order valence-corrected chi connectivity index (χ0v) is 13.7. The van der Waals surface area contributed by atoms with E-state index < -0.39 is 0 Å². The summed E-state index contributed by atoms with van der Waals surface area (Å²) < 4.78 is 21.8. The van der Waals surface area contributed by atoms with Crippen LogP contribution in [0, 0.1) is 5.92 Å². The molecule has 4 nitrogen and oxygen atoms in total. The molecule has 0 saturated carbocycles. The maximum atomic E-state index is 5.52. The molecule has 1 aromatic rings. The summed E-state index contributed by atoms with van der Waals surface area (Å²) in [6.45, 7) is 1.63. The van der Waals surface area contributed by atoms with Gasteiger partial charge in [0.1, 0.15) is 17.2 Å². The van der Waals surface area contributed by atoms with Gasteiger partial charge in [-0.1, -0.05) is 15.9 Å². The fraction of sp³-hybridized carbons (Fsp3) is 0.600. The Balaban J connectivity index is 2.36. The molecule has 1 saturated heterocycles. The van der Waals surface area contributed by atoms with Crippen LogP contribution in [0.3, 0.4) is 0 Å². The summed E-state index contributed by atoms with van der Waals surface area (Å²) in [7, 11) is 4.97. The summed E-state index contributed by atoms with van der Waals surface area (Å²) in [5, 5.41) is 0. The number of hydrogen-bond donors (Lipinski definition) is 0. The minimum absolute atomic E-state index is 0.183. The Morgan fingerprint density at radius 2 is 1.60 bits per heavy atom. The summed E-state index contributed by atoms with van der Waals surface area (Å²) in [5.74, 6) is 2.82. The van der Waals surface area contributed by atoms with Crippen molar-refractivity contribution in [3.8, 4) is 17.2 Å². The fourth-order valence-corrected chi connectivity index (χ4v) is 3.53. The third-order valence-corrected chi connectivity index (χ3v) is 4.91. The molecule has 0 amide bonds. The largest absolute Gasteiger partial charge is 0.496 e. The van der Waals surface area contributed by atoms with Gasteiger partial charge in [-0.3, -0.25) is 0 Å². The van der Waals surface area contributed by atoms with Gasteiger partial charge in [0.2, 0.25) is 0 Å². The van der Waals surface area contributed by atoms with Crippen LogP contribution in [-0.4, -0.2) is 34.5 Å². The highest BCUT2D eigenvalue weighted by Gasteiger charge is 2.29. The minimum atomic E-state index is 0.183. The van der Waals surface area contributed by atoms with Gasteiger partial charge in [0.15, 0.2) is 0 Å². The van der Waals surface area contributed by atoms with Crippen molar-refractivity contribution >= 4 is 15.9 Å². The molecule has 0 aromatic heterocycles. The highest BCUT2D eigenvalue weighted by atomic mass is 79.9. The average Bonchev–Trinajstić information content (AvgIpc) is 2.53. The van der Waals surface area contributed by atoms with Crippen LogP contribution in [-0.2, 0) is 4.74 Å². The van der Waals surface area contributed by atoms with Crippen molar-refractivity contribution < 1.29 is 18.9 Å². The number of methoxy groups -OCH3 is 3. The van der Waals surface area contributed by atoms with E-state index in [0.29, 0.717) is 5.92 Å². The molecular weight excluding hydrogens is 324 g/mol. The summed E-state index contributed by atoms with van der Waals surface area (Å²) in [6, 6.07) is 3.79. The van der Waals surface area contributed by atoms with Crippen LogP contribution < -0.4 is 14.2 Å². The van der Waals surface area contributed by atoms with Crippen LogP contribution in [0.4, 0.5) is 0 Å². The zero-order chi connectivity index (χ0) is 14.5. The second kappa shape index (κ2) is 7.18. The number of alkyl halides is 1. The van der Waals surface area contributed by atoms with Crippen LogP contribution in [0.1, 0.15) is 23.2 Å². The number of halogens is 1. The average molecular weight is 345 g/mol. The lowest BCUT2D eigenvalue weighted by atomic mass is 9.91. The summed E-state index contributed by atoms with van der Waals surface area (Å²) in [4.78, 5) is 0.183. The predicted molar refractivity (Wildman–Crippen MR) is 81.3 cm³/mol. The molecule has 1 aliphatic heterocycles. The molecule has 0 bridgehead atoms. The first kappa shape index (κ1) is 15.4. The van der Waals surface area contributed by atoms with E-state index in [2.05, 4.69) is 15.9 Å². The lowest BCUT2D eigenvalue weighted by Crippen LogP contribution is -2.20. The first-order chi connectivity index (χ1) is 9.71. The van der Waals surface area contributed by atoms with Crippen molar-refractivity contribution in [2.24, 2.45) is 5.92 Å². The maximum Gasteiger partial charge on any atom is 0.130 e. The second-order valence-electron chi connectivity index (χ2n) is 4.80. The first-order valence-corrected chi connectivity index (χ1v) is 7.64. The zero-order valence-electron chi connectivity index (χ0n) is 12.1. The molecule has 0 N–H and O–H groups in total. The molecule has 1 unspecified atom stereocenters. The highest BCUT2D eigenvalue weighted by Crippen LogP contribution is 2.47. The maximum absolute atomic E-state index is 5.52. The summed E-state index contributed by atoms with van der Waals surface area (Å²) >= 11 is 3.82. The van der Waals surface area contributed by atoms with Crippen molar-refractivity contribution in [2.45, 2.75) is 17.7 Å². The van der Waals surface area contributed by atoms with Gasteiger partial charge in [-0.25, -0.2) is 0 Å². The Kier molecular flexibility index (Phi) is 5.54. The first-order valence-electron chi connectivity index (χ1n) is 6.73. The normalized spacial score (nSPS) is 17.6. The molecule has 0 spiro atoms. The molecule has 0 aliphatic carbocycles. The van der Waals surface area contributed by atoms with Crippen LogP contribution in [0.15, 0.2) is 12.1 Å². The Bertz CT molecular complexity index is 418. The summed E-state index contributed by atoms with van der Waals surface area (Å²) in [6.07, 6.45) is 2.07. The fourth-order valence-electron chi connectivity index (χ4n) is 2.55. The molecule has 1 atom stereocenters. The van der Waals surface area contributed by atoms with E-state index in [4.69, 9.17) is 18.9 Å². The molecule has 20 heavy (non-hydrogen) atoms. The van der Waals surface area contributed by atoms with Crippen LogP contribution in [0.25, 0.3) is 0 Å². The molecule has 112 valence electrons. The monoisotopic (exact) mass is 344 g/mol. The molecular formula is C15H21BrO4. The van der Waals surface area contributed by atoms with E-state index in [9.17, 15) is 0 Å².